The first-order valence-corrected chi connectivity index (χ1v) is 6.36. The molecule has 0 spiro atoms. The van der Waals surface area contributed by atoms with Crippen LogP contribution in [0.15, 0.2) is 6.07 Å². The Bertz CT molecular complexity index is 426. The number of rotatable bonds is 3. The van der Waals surface area contributed by atoms with Crippen LogP contribution in [0.1, 0.15) is 24.2 Å². The summed E-state index contributed by atoms with van der Waals surface area (Å²) in [5.74, 6) is 1.32. The minimum Gasteiger partial charge on any atom is -0.359 e. The highest BCUT2D eigenvalue weighted by atomic mass is 16.1. The van der Waals surface area contributed by atoms with Gasteiger partial charge in [-0.2, -0.15) is 0 Å². The molecule has 1 aromatic rings. The molecule has 98 valence electrons. The van der Waals surface area contributed by atoms with Crippen LogP contribution in [0, 0.1) is 19.8 Å². The molecule has 18 heavy (non-hydrogen) atoms. The van der Waals surface area contributed by atoms with Crippen LogP contribution in [-0.4, -0.2) is 36.0 Å². The lowest BCUT2D eigenvalue weighted by molar-refractivity contribution is -0.121. The molecule has 0 aromatic carbocycles. The quantitative estimate of drug-likeness (QED) is 0.869. The molecule has 0 saturated carbocycles. The Kier molecular flexibility index (Phi) is 3.79. The van der Waals surface area contributed by atoms with Crippen molar-refractivity contribution in [2.24, 2.45) is 5.92 Å². The van der Waals surface area contributed by atoms with Crippen molar-refractivity contribution in [2.75, 3.05) is 25.0 Å². The molecule has 1 aromatic heterocycles. The molecule has 2 rings (SSSR count). The second kappa shape index (κ2) is 5.33. The predicted molar refractivity (Wildman–Crippen MR) is 70.5 cm³/mol. The molecular weight excluding hydrogens is 228 g/mol. The molecule has 2 heterocycles. The Morgan fingerprint density at radius 3 is 2.72 bits per heavy atom. The average molecular weight is 248 g/mol. The first-order chi connectivity index (χ1) is 8.58. The molecule has 0 bridgehead atoms. The molecule has 1 aliphatic rings. The zero-order chi connectivity index (χ0) is 13.1. The molecular formula is C13H20N4O. The van der Waals surface area contributed by atoms with Gasteiger partial charge in [0.25, 0.3) is 0 Å². The third-order valence-corrected chi connectivity index (χ3v) is 3.29. The van der Waals surface area contributed by atoms with Crippen molar-refractivity contribution in [3.8, 4) is 0 Å². The molecule has 1 N–H and O–H groups in total. The Morgan fingerprint density at radius 2 is 2.11 bits per heavy atom. The van der Waals surface area contributed by atoms with Gasteiger partial charge < -0.3 is 10.2 Å². The van der Waals surface area contributed by atoms with E-state index in [-0.39, 0.29) is 5.91 Å². The number of carbonyl (C=O) groups excluding carboxylic acids is 1. The molecule has 0 aliphatic carbocycles. The zero-order valence-corrected chi connectivity index (χ0v) is 11.2. The predicted octanol–water partition coefficient (Wildman–Crippen LogP) is 1.06. The standard InChI is InChI=1S/C13H20N4O/c1-9-6-10(2)16-13(15-9)17-5-4-11(8-17)7-12(18)14-3/h6,11H,4-5,7-8H2,1-3H3,(H,14,18)/t11-/m0/s1. The fourth-order valence-corrected chi connectivity index (χ4v) is 2.39. The van der Waals surface area contributed by atoms with E-state index in [1.165, 1.54) is 0 Å². The summed E-state index contributed by atoms with van der Waals surface area (Å²) in [5, 5.41) is 2.68. The molecule has 0 unspecified atom stereocenters. The van der Waals surface area contributed by atoms with E-state index < -0.39 is 0 Å². The molecule has 1 aliphatic heterocycles. The monoisotopic (exact) mass is 248 g/mol. The molecule has 5 nitrogen and oxygen atoms in total. The first kappa shape index (κ1) is 12.8. The summed E-state index contributed by atoms with van der Waals surface area (Å²) in [7, 11) is 1.68. The summed E-state index contributed by atoms with van der Waals surface area (Å²) in [6.07, 6.45) is 1.63. The molecule has 1 fully saturated rings. The first-order valence-electron chi connectivity index (χ1n) is 6.36. The maximum atomic E-state index is 11.4. The van der Waals surface area contributed by atoms with Gasteiger partial charge in [-0.3, -0.25) is 4.79 Å². The summed E-state index contributed by atoms with van der Waals surface area (Å²) < 4.78 is 0. The summed E-state index contributed by atoms with van der Waals surface area (Å²) in [6, 6.07) is 1.97. The number of aromatic nitrogens is 2. The van der Waals surface area contributed by atoms with Gasteiger partial charge in [0.05, 0.1) is 0 Å². The number of hydrogen-bond donors (Lipinski definition) is 1. The van der Waals surface area contributed by atoms with Gasteiger partial charge in [-0.15, -0.1) is 0 Å². The van der Waals surface area contributed by atoms with Crippen LogP contribution >= 0.6 is 0 Å². The second-order valence-electron chi connectivity index (χ2n) is 4.93. The summed E-state index contributed by atoms with van der Waals surface area (Å²) in [4.78, 5) is 22.5. The van der Waals surface area contributed by atoms with E-state index in [1.807, 2.05) is 19.9 Å². The van der Waals surface area contributed by atoms with Gasteiger partial charge in [-0.05, 0) is 32.3 Å². The number of hydrogen-bond acceptors (Lipinski definition) is 4. The third kappa shape index (κ3) is 2.97. The highest BCUT2D eigenvalue weighted by Gasteiger charge is 2.26. The van der Waals surface area contributed by atoms with Crippen LogP contribution in [0.4, 0.5) is 5.95 Å². The van der Waals surface area contributed by atoms with Crippen molar-refractivity contribution in [2.45, 2.75) is 26.7 Å². The topological polar surface area (TPSA) is 58.1 Å². The van der Waals surface area contributed by atoms with Gasteiger partial charge in [0.1, 0.15) is 0 Å². The highest BCUT2D eigenvalue weighted by molar-refractivity contribution is 5.75. The lowest BCUT2D eigenvalue weighted by atomic mass is 10.1. The fourth-order valence-electron chi connectivity index (χ4n) is 2.39. The maximum absolute atomic E-state index is 11.4. The van der Waals surface area contributed by atoms with Crippen LogP contribution in [0.3, 0.4) is 0 Å². The van der Waals surface area contributed by atoms with Crippen LogP contribution in [-0.2, 0) is 4.79 Å². The van der Waals surface area contributed by atoms with Crippen LogP contribution in [0.25, 0.3) is 0 Å². The number of carbonyl (C=O) groups is 1. The molecule has 1 amide bonds. The third-order valence-electron chi connectivity index (χ3n) is 3.29. The van der Waals surface area contributed by atoms with Crippen molar-refractivity contribution >= 4 is 11.9 Å². The van der Waals surface area contributed by atoms with E-state index in [0.717, 1.165) is 36.8 Å². The lowest BCUT2D eigenvalue weighted by Crippen LogP contribution is -2.25. The smallest absolute Gasteiger partial charge is 0.225 e. The Morgan fingerprint density at radius 1 is 1.44 bits per heavy atom. The Balaban J connectivity index is 2.01. The van der Waals surface area contributed by atoms with Crippen molar-refractivity contribution in [1.29, 1.82) is 0 Å². The van der Waals surface area contributed by atoms with E-state index in [4.69, 9.17) is 0 Å². The van der Waals surface area contributed by atoms with E-state index in [2.05, 4.69) is 20.2 Å². The number of nitrogens with zero attached hydrogens (tertiary/aromatic N) is 3. The van der Waals surface area contributed by atoms with E-state index in [1.54, 1.807) is 7.05 Å². The SMILES string of the molecule is CNC(=O)C[C@@H]1CCN(c2nc(C)cc(C)n2)C1. The molecule has 1 saturated heterocycles. The minimum atomic E-state index is 0.114. The van der Waals surface area contributed by atoms with Crippen LogP contribution in [0.5, 0.6) is 0 Å². The van der Waals surface area contributed by atoms with Crippen molar-refractivity contribution in [3.63, 3.8) is 0 Å². The minimum absolute atomic E-state index is 0.114. The van der Waals surface area contributed by atoms with Crippen LogP contribution < -0.4 is 10.2 Å². The zero-order valence-electron chi connectivity index (χ0n) is 11.2. The van der Waals surface area contributed by atoms with Crippen molar-refractivity contribution < 1.29 is 4.79 Å². The van der Waals surface area contributed by atoms with E-state index in [0.29, 0.717) is 12.3 Å². The van der Waals surface area contributed by atoms with Crippen molar-refractivity contribution in [1.82, 2.24) is 15.3 Å². The fraction of sp³-hybridized carbons (Fsp3) is 0.615. The van der Waals surface area contributed by atoms with E-state index >= 15 is 0 Å². The number of aryl methyl sites for hydroxylation is 2. The molecule has 0 radical (unpaired) electrons. The molecule has 5 heteroatoms. The summed E-state index contributed by atoms with van der Waals surface area (Å²) in [5.41, 5.74) is 1.99. The van der Waals surface area contributed by atoms with Gasteiger partial charge in [-0.25, -0.2) is 9.97 Å². The van der Waals surface area contributed by atoms with Crippen molar-refractivity contribution in [3.05, 3.63) is 17.5 Å². The van der Waals surface area contributed by atoms with Gasteiger partial charge >= 0.3 is 0 Å². The summed E-state index contributed by atoms with van der Waals surface area (Å²) in [6.45, 7) is 5.77. The van der Waals surface area contributed by atoms with Crippen LogP contribution in [0.2, 0.25) is 0 Å². The largest absolute Gasteiger partial charge is 0.359 e. The number of anilines is 1. The average Bonchev–Trinajstić information content (AvgIpc) is 2.76. The second-order valence-corrected chi connectivity index (χ2v) is 4.93. The van der Waals surface area contributed by atoms with E-state index in [9.17, 15) is 4.79 Å². The summed E-state index contributed by atoms with van der Waals surface area (Å²) >= 11 is 0. The van der Waals surface area contributed by atoms with Gasteiger partial charge in [0.15, 0.2) is 0 Å². The van der Waals surface area contributed by atoms with Gasteiger partial charge in [0.2, 0.25) is 11.9 Å². The molecule has 1 atom stereocenters. The maximum Gasteiger partial charge on any atom is 0.225 e. The Labute approximate surface area is 108 Å². The number of amides is 1. The normalized spacial score (nSPS) is 19.1. The van der Waals surface area contributed by atoms with Gasteiger partial charge in [-0.1, -0.05) is 0 Å². The number of nitrogens with one attached hydrogen (secondary N) is 1. The lowest BCUT2D eigenvalue weighted by Gasteiger charge is -2.17. The highest BCUT2D eigenvalue weighted by Crippen LogP contribution is 2.23. The van der Waals surface area contributed by atoms with Gasteiger partial charge in [0, 0.05) is 37.9 Å². The Hall–Kier alpha value is -1.65.